The monoisotopic (exact) mass is 1810 g/mol. The van der Waals surface area contributed by atoms with Crippen molar-refractivity contribution in [2.24, 2.45) is 0 Å². The van der Waals surface area contributed by atoms with Crippen LogP contribution in [0.15, 0.2) is 225 Å². The Morgan fingerprint density at radius 1 is 0.301 bits per heavy atom. The number of hydrogen-bond acceptors (Lipinski definition) is 3. The van der Waals surface area contributed by atoms with E-state index in [9.17, 15) is 0 Å². The van der Waals surface area contributed by atoms with Crippen LogP contribution in [0, 0.1) is 87.4 Å². The average molecular weight is 1820 g/mol. The average Bonchev–Trinajstić information content (AvgIpc) is 1.63. The summed E-state index contributed by atoms with van der Waals surface area (Å²) in [5.41, 5.74) is 33.5. The zero-order chi connectivity index (χ0) is 73.3. The van der Waals surface area contributed by atoms with Crippen LogP contribution in [0.3, 0.4) is 0 Å². The summed E-state index contributed by atoms with van der Waals surface area (Å²) in [7, 11) is 0. The topological polar surface area (TPSA) is 17.5 Å². The number of fused-ring (bicyclic) bond motifs is 9. The number of aromatic nitrogens is 2. The Hall–Kier alpha value is -7.22. The molecular formula is C96H115N5U2+2. The van der Waals surface area contributed by atoms with Crippen molar-refractivity contribution in [2.45, 2.75) is 201 Å². The fourth-order valence-corrected chi connectivity index (χ4v) is 16.6. The van der Waals surface area contributed by atoms with E-state index >= 15 is 0 Å². The summed E-state index contributed by atoms with van der Waals surface area (Å²) in [4.78, 5) is 7.37. The summed E-state index contributed by atoms with van der Waals surface area (Å²) in [6.07, 6.45) is 8.54. The second-order valence-electron chi connectivity index (χ2n) is 22.9. The fraction of sp³-hybridized carbons (Fsp3) is 0.312. The number of anilines is 7. The van der Waals surface area contributed by atoms with Gasteiger partial charge in [-0.3, -0.25) is 0 Å². The predicted molar refractivity (Wildman–Crippen MR) is 434 cm³/mol. The van der Waals surface area contributed by atoms with Crippen LogP contribution in [0.25, 0.3) is 0 Å². The van der Waals surface area contributed by atoms with E-state index in [1.165, 1.54) is 129 Å². The summed E-state index contributed by atoms with van der Waals surface area (Å²) in [5, 5.41) is 0. The third kappa shape index (κ3) is 13.8. The molecule has 0 fully saturated rings. The van der Waals surface area contributed by atoms with E-state index in [2.05, 4.69) is 256 Å². The number of pyridine rings is 2. The molecule has 0 radical (unpaired) electrons. The maximum atomic E-state index is 3.55. The Labute approximate surface area is 671 Å². The maximum Gasteiger partial charge on any atom is 2.00 e. The molecule has 9 aromatic carbocycles. The van der Waals surface area contributed by atoms with E-state index in [1.54, 1.807) is 0 Å². The van der Waals surface area contributed by atoms with Gasteiger partial charge in [0.05, 0.1) is 23.2 Å². The van der Waals surface area contributed by atoms with E-state index in [1.807, 2.05) is 171 Å². The predicted octanol–water partition coefficient (Wildman–Crippen LogP) is 25.4. The van der Waals surface area contributed by atoms with E-state index in [0.717, 1.165) is 37.1 Å². The van der Waals surface area contributed by atoms with E-state index in [-0.39, 0.29) is 79.6 Å². The van der Waals surface area contributed by atoms with Gasteiger partial charge in [0.15, 0.2) is 23.8 Å². The number of nitrogens with zero attached hydrogens (tertiary/aromatic N) is 5. The quantitative estimate of drug-likeness (QED) is 0.127. The van der Waals surface area contributed by atoms with Crippen molar-refractivity contribution in [2.75, 3.05) is 14.7 Å². The molecule has 2 aromatic heterocycles. The Morgan fingerprint density at radius 2 is 0.660 bits per heavy atom. The van der Waals surface area contributed by atoms with Crippen molar-refractivity contribution in [3.05, 3.63) is 350 Å². The molecule has 5 nitrogen and oxygen atoms in total. The molecule has 20 rings (SSSR count). The minimum Gasteiger partial charge on any atom is -0.507 e. The minimum atomic E-state index is -0.479. The van der Waals surface area contributed by atoms with Crippen LogP contribution in [-0.4, -0.2) is 0 Å². The number of para-hydroxylation sites is 3. The molecule has 7 heteroatoms. The Bertz CT molecular complexity index is 4520. The molecule has 0 saturated carbocycles. The van der Waals surface area contributed by atoms with E-state index in [4.69, 9.17) is 0 Å². The molecule has 4 atom stereocenters. The Balaban J connectivity index is 0.000000254. The van der Waals surface area contributed by atoms with Gasteiger partial charge in [0.1, 0.15) is 11.1 Å². The first-order valence-electron chi connectivity index (χ1n) is 39.1. The van der Waals surface area contributed by atoms with Gasteiger partial charge in [-0.1, -0.05) is 268 Å². The molecule has 3 aliphatic carbocycles. The molecule has 0 bridgehead atoms. The molecule has 0 amide bonds. The molecule has 4 unspecified atom stereocenters. The van der Waals surface area contributed by atoms with Crippen molar-refractivity contribution < 1.29 is 71.4 Å². The number of benzene rings is 9. The van der Waals surface area contributed by atoms with Gasteiger partial charge >= 0.3 is 62.2 Å². The second-order valence-corrected chi connectivity index (χ2v) is 22.9. The molecule has 530 valence electrons. The zero-order valence-corrected chi connectivity index (χ0v) is 74.6. The number of rotatable bonds is 2. The first-order valence-corrected chi connectivity index (χ1v) is 39.1. The molecule has 9 aliphatic rings. The summed E-state index contributed by atoms with van der Waals surface area (Å²) >= 11 is 0. The van der Waals surface area contributed by atoms with Gasteiger partial charge in [-0.15, -0.1) is 11.4 Å². The minimum absolute atomic E-state index is 0. The number of hydrogen-bond donors (Lipinski definition) is 0. The SMILES string of the molecule is CC.CC.CC.CC.CC.CC.CC.CC.CC.CC.CC.[U+2].[U+2].[c-]1ccccc1N1[CH-]C23c4c(cccc4C4c5ccccc5Cc5ccc[n+]2c54)Cc2cccc1c23.[c-]1ccccc1N1[CH-]C23c4c1cccc4N1c4ccccc4Cc4ccc(c2c41)C1c2ccccc2Cc2ccc[n+]3c21. The van der Waals surface area contributed by atoms with Crippen LogP contribution in [0.1, 0.15) is 265 Å². The first-order chi connectivity index (χ1) is 50.2. The van der Waals surface area contributed by atoms with Gasteiger partial charge in [-0.25, -0.2) is 9.13 Å². The van der Waals surface area contributed by atoms with Crippen molar-refractivity contribution in [3.8, 4) is 0 Å². The zero-order valence-electron chi connectivity index (χ0n) is 66.2. The van der Waals surface area contributed by atoms with Crippen molar-refractivity contribution in [1.29, 1.82) is 0 Å². The van der Waals surface area contributed by atoms with Crippen LogP contribution >= 0.6 is 0 Å². The maximum absolute atomic E-state index is 3.55. The summed E-state index contributed by atoms with van der Waals surface area (Å²) in [6, 6.07) is 85.8. The van der Waals surface area contributed by atoms with Crippen molar-refractivity contribution >= 4 is 39.8 Å². The van der Waals surface area contributed by atoms with Gasteiger partial charge < -0.3 is 14.7 Å². The van der Waals surface area contributed by atoms with E-state index < -0.39 is 5.54 Å². The molecule has 6 aliphatic heterocycles. The third-order valence-corrected chi connectivity index (χ3v) is 19.3. The summed E-state index contributed by atoms with van der Waals surface area (Å²) in [6.45, 7) is 49.0. The van der Waals surface area contributed by atoms with Gasteiger partial charge in [-0.05, 0) is 98.5 Å². The smallest absolute Gasteiger partial charge is 0.507 e. The molecule has 8 heterocycles. The van der Waals surface area contributed by atoms with E-state index in [0.29, 0.717) is 0 Å². The largest absolute Gasteiger partial charge is 2.00 e. The van der Waals surface area contributed by atoms with Gasteiger partial charge in [0, 0.05) is 81.8 Å². The molecular weight excluding hydrogens is 1700 g/mol. The second kappa shape index (κ2) is 39.2. The van der Waals surface area contributed by atoms with Crippen LogP contribution in [0.4, 0.5) is 39.8 Å². The summed E-state index contributed by atoms with van der Waals surface area (Å²) < 4.78 is 5.27. The third-order valence-electron chi connectivity index (χ3n) is 19.3. The van der Waals surface area contributed by atoms with Gasteiger partial charge in [-0.2, -0.15) is 73.8 Å². The van der Waals surface area contributed by atoms with Crippen LogP contribution in [0.2, 0.25) is 0 Å². The van der Waals surface area contributed by atoms with Crippen LogP contribution in [0.5, 0.6) is 0 Å². The van der Waals surface area contributed by atoms with Crippen LogP contribution < -0.4 is 23.8 Å². The van der Waals surface area contributed by atoms with Crippen LogP contribution in [-0.2, 0) is 36.8 Å². The first kappa shape index (κ1) is 84.7. The standard InChI is InChI=1S/C40H26N3.C34H23N2.11C2H6.2U/c1-2-13-29(14-3-1)41-24-40-36-31(35-30-15-6-4-10-25(30)22-27-12-9-21-42(40)38(27)35)20-19-28-23-26-11-5-7-16-32(26)43(39(28)36)34-18-8-17-33(41)37(34)40;1-2-13-26(14-3-1)35-21-34-31-23(20-24-11-7-17-29(35)32(24)34)10-6-16-28(31)30-27-15-5-4-9-22(27)19-25-12-8-18-36(34)33(25)30;11*1-2;;/h1-13,15-21,24,35H,22-23H2;1-13,15-18,21,30H,19-20H2;11*1-2H3;;/q2*-1;;;;;;;;;;;;2*+2. The van der Waals surface area contributed by atoms with Gasteiger partial charge in [0.25, 0.3) is 0 Å². The Kier molecular flexibility index (Phi) is 32.3. The van der Waals surface area contributed by atoms with Crippen molar-refractivity contribution in [3.63, 3.8) is 0 Å². The molecule has 11 aromatic rings. The van der Waals surface area contributed by atoms with Gasteiger partial charge in [0.2, 0.25) is 0 Å². The van der Waals surface area contributed by atoms with Crippen molar-refractivity contribution in [1.82, 2.24) is 0 Å². The Morgan fingerprint density at radius 3 is 1.17 bits per heavy atom. The fourth-order valence-electron chi connectivity index (χ4n) is 16.6. The molecule has 103 heavy (non-hydrogen) atoms. The molecule has 0 N–H and O–H groups in total. The normalized spacial score (nSPS) is 16.7. The summed E-state index contributed by atoms with van der Waals surface area (Å²) in [5.74, 6) is 0.441. The molecule has 2 spiro atoms. The molecule has 0 saturated heterocycles.